The fourth-order valence-corrected chi connectivity index (χ4v) is 5.15. The topological polar surface area (TPSA) is 78.7 Å². The number of nitrogens with two attached hydrogens (primary N) is 1. The summed E-state index contributed by atoms with van der Waals surface area (Å²) in [5, 5.41) is 2.43. The molecule has 0 unspecified atom stereocenters. The van der Waals surface area contributed by atoms with Crippen LogP contribution in [0.25, 0.3) is 11.1 Å². The average molecular weight is 595 g/mol. The van der Waals surface area contributed by atoms with Gasteiger partial charge < -0.3 is 20.9 Å². The fourth-order valence-electron chi connectivity index (χ4n) is 4.89. The van der Waals surface area contributed by atoms with E-state index in [9.17, 15) is 31.5 Å². The molecule has 4 rings (SSSR count). The molecule has 0 spiro atoms. The number of nitrogens with zero attached hydrogens (tertiary/aromatic N) is 2. The quantitative estimate of drug-likeness (QED) is 0.342. The third kappa shape index (κ3) is 6.46. The van der Waals surface area contributed by atoms with Gasteiger partial charge in [0, 0.05) is 50.0 Å². The first-order valence-corrected chi connectivity index (χ1v) is 13.3. The summed E-state index contributed by atoms with van der Waals surface area (Å²) in [7, 11) is 0. The molecule has 218 valence electrons. The van der Waals surface area contributed by atoms with Gasteiger partial charge >= 0.3 is 6.18 Å². The molecular weight excluding hydrogens is 567 g/mol. The lowest BCUT2D eigenvalue weighted by Crippen LogP contribution is -2.55. The van der Waals surface area contributed by atoms with Gasteiger partial charge in [-0.3, -0.25) is 9.59 Å². The molecule has 1 fully saturated rings. The highest BCUT2D eigenvalue weighted by Gasteiger charge is 2.34. The zero-order chi connectivity index (χ0) is 29.9. The average Bonchev–Trinajstić information content (AvgIpc) is 2.95. The SMILES string of the molecule is CC[C@@H]1CN(C(=O)c2ccc(C(F)(F)F)cc2Cl)CCN1c1ccc(-c2cccc(F)c2F)cc1C(=O)NCCN. The Hall–Kier alpha value is -3.70. The molecule has 12 heteroatoms. The minimum Gasteiger partial charge on any atom is -0.364 e. The molecule has 1 aliphatic rings. The Morgan fingerprint density at radius 3 is 2.46 bits per heavy atom. The van der Waals surface area contributed by atoms with Crippen LogP contribution < -0.4 is 16.0 Å². The Kier molecular flexibility index (Phi) is 9.18. The van der Waals surface area contributed by atoms with Crippen LogP contribution in [-0.2, 0) is 6.18 Å². The summed E-state index contributed by atoms with van der Waals surface area (Å²) < 4.78 is 67.6. The molecule has 3 N–H and O–H groups in total. The van der Waals surface area contributed by atoms with E-state index in [-0.39, 0.29) is 53.9 Å². The molecule has 0 saturated carbocycles. The van der Waals surface area contributed by atoms with E-state index in [1.54, 1.807) is 12.1 Å². The minimum atomic E-state index is -4.59. The molecule has 0 radical (unpaired) electrons. The number of alkyl halides is 3. The number of piperazine rings is 1. The van der Waals surface area contributed by atoms with Crippen LogP contribution in [0.3, 0.4) is 0 Å². The summed E-state index contributed by atoms with van der Waals surface area (Å²) in [6, 6.07) is 10.9. The van der Waals surface area contributed by atoms with Crippen LogP contribution in [0.1, 0.15) is 39.6 Å². The lowest BCUT2D eigenvalue weighted by atomic mass is 9.98. The van der Waals surface area contributed by atoms with E-state index in [1.807, 2.05) is 11.8 Å². The number of hydrogen-bond donors (Lipinski definition) is 2. The second-order valence-electron chi connectivity index (χ2n) is 9.58. The summed E-state index contributed by atoms with van der Waals surface area (Å²) in [6.45, 7) is 3.02. The highest BCUT2D eigenvalue weighted by atomic mass is 35.5. The Balaban J connectivity index is 1.64. The van der Waals surface area contributed by atoms with Gasteiger partial charge in [-0.1, -0.05) is 36.7 Å². The summed E-state index contributed by atoms with van der Waals surface area (Å²) >= 11 is 6.07. The highest BCUT2D eigenvalue weighted by Crippen LogP contribution is 2.35. The second-order valence-corrected chi connectivity index (χ2v) is 9.98. The second kappa shape index (κ2) is 12.4. The molecule has 0 aliphatic carbocycles. The molecule has 6 nitrogen and oxygen atoms in total. The van der Waals surface area contributed by atoms with Gasteiger partial charge in [-0.25, -0.2) is 8.78 Å². The first kappa shape index (κ1) is 30.3. The lowest BCUT2D eigenvalue weighted by molar-refractivity contribution is -0.137. The molecule has 3 aromatic rings. The van der Waals surface area contributed by atoms with Crippen LogP contribution in [0.2, 0.25) is 5.02 Å². The predicted molar refractivity (Wildman–Crippen MR) is 147 cm³/mol. The maximum atomic E-state index is 14.6. The highest BCUT2D eigenvalue weighted by molar-refractivity contribution is 6.33. The van der Waals surface area contributed by atoms with Gasteiger partial charge in [-0.2, -0.15) is 13.2 Å². The van der Waals surface area contributed by atoms with Crippen molar-refractivity contribution < 1.29 is 31.5 Å². The van der Waals surface area contributed by atoms with Crippen molar-refractivity contribution in [2.75, 3.05) is 37.6 Å². The van der Waals surface area contributed by atoms with Crippen LogP contribution >= 0.6 is 11.6 Å². The maximum Gasteiger partial charge on any atom is 0.416 e. The molecule has 41 heavy (non-hydrogen) atoms. The van der Waals surface area contributed by atoms with Crippen molar-refractivity contribution in [1.82, 2.24) is 10.2 Å². The number of rotatable bonds is 7. The number of hydrogen-bond acceptors (Lipinski definition) is 4. The van der Waals surface area contributed by atoms with E-state index in [0.717, 1.165) is 24.3 Å². The molecule has 3 aromatic carbocycles. The fraction of sp³-hybridized carbons (Fsp3) is 0.310. The third-order valence-electron chi connectivity index (χ3n) is 7.01. The van der Waals surface area contributed by atoms with E-state index >= 15 is 0 Å². The largest absolute Gasteiger partial charge is 0.416 e. The lowest BCUT2D eigenvalue weighted by Gasteiger charge is -2.43. The molecule has 1 atom stereocenters. The van der Waals surface area contributed by atoms with Crippen molar-refractivity contribution in [3.63, 3.8) is 0 Å². The zero-order valence-corrected chi connectivity index (χ0v) is 22.8. The molecule has 0 bridgehead atoms. The van der Waals surface area contributed by atoms with Crippen molar-refractivity contribution in [3.05, 3.63) is 87.9 Å². The standard InChI is InChI=1S/C29H28ClF5N4O2/c1-2-19-16-38(28(41)21-8-7-18(15-23(21)30)29(33,34)35)12-13-39(19)25-9-6-17(14-22(25)27(40)37-11-10-36)20-4-3-5-24(31)26(20)32/h3-9,14-15,19H,2,10-13,16,36H2,1H3,(H,37,40)/t19-/m1/s1. The molecule has 1 heterocycles. The van der Waals surface area contributed by atoms with Crippen molar-refractivity contribution in [3.8, 4) is 11.1 Å². The predicted octanol–water partition coefficient (Wildman–Crippen LogP) is 5.73. The van der Waals surface area contributed by atoms with E-state index in [4.69, 9.17) is 17.3 Å². The zero-order valence-electron chi connectivity index (χ0n) is 22.1. The molecule has 0 aromatic heterocycles. The van der Waals surface area contributed by atoms with Gasteiger partial charge in [0.2, 0.25) is 0 Å². The van der Waals surface area contributed by atoms with Crippen molar-refractivity contribution in [2.45, 2.75) is 25.6 Å². The van der Waals surface area contributed by atoms with E-state index in [2.05, 4.69) is 5.32 Å². The summed E-state index contributed by atoms with van der Waals surface area (Å²) in [6.07, 6.45) is -4.02. The first-order valence-electron chi connectivity index (χ1n) is 13.0. The normalized spacial score (nSPS) is 15.7. The Bertz CT molecular complexity index is 1450. The van der Waals surface area contributed by atoms with Gasteiger partial charge in [0.25, 0.3) is 11.8 Å². The molecular formula is C29H28ClF5N4O2. The summed E-state index contributed by atoms with van der Waals surface area (Å²) in [5.74, 6) is -3.00. The van der Waals surface area contributed by atoms with E-state index in [1.165, 1.54) is 23.1 Å². The van der Waals surface area contributed by atoms with Crippen molar-refractivity contribution in [1.29, 1.82) is 0 Å². The monoisotopic (exact) mass is 594 g/mol. The van der Waals surface area contributed by atoms with Crippen LogP contribution in [0, 0.1) is 11.6 Å². The molecule has 1 saturated heterocycles. The third-order valence-corrected chi connectivity index (χ3v) is 7.32. The number of carbonyl (C=O) groups excluding carboxylic acids is 2. The van der Waals surface area contributed by atoms with Crippen molar-refractivity contribution in [2.24, 2.45) is 5.73 Å². The minimum absolute atomic E-state index is 0.000280. The number of nitrogens with one attached hydrogen (secondary N) is 1. The van der Waals surface area contributed by atoms with Crippen LogP contribution in [0.15, 0.2) is 54.6 Å². The number of anilines is 1. The number of carbonyl (C=O) groups is 2. The number of benzene rings is 3. The number of halogens is 6. The maximum absolute atomic E-state index is 14.6. The summed E-state index contributed by atoms with van der Waals surface area (Å²) in [4.78, 5) is 29.9. The van der Waals surface area contributed by atoms with Gasteiger partial charge in [0.1, 0.15) is 0 Å². The van der Waals surface area contributed by atoms with Gasteiger partial charge in [0.05, 0.1) is 21.7 Å². The van der Waals surface area contributed by atoms with Gasteiger partial charge in [-0.15, -0.1) is 0 Å². The number of amides is 2. The van der Waals surface area contributed by atoms with Gasteiger partial charge in [0.15, 0.2) is 11.6 Å². The van der Waals surface area contributed by atoms with E-state index in [0.29, 0.717) is 24.2 Å². The Labute approximate surface area is 238 Å². The van der Waals surface area contributed by atoms with Crippen LogP contribution in [-0.4, -0.2) is 55.5 Å². The molecule has 1 aliphatic heterocycles. The van der Waals surface area contributed by atoms with Gasteiger partial charge in [-0.05, 0) is 48.4 Å². The smallest absolute Gasteiger partial charge is 0.364 e. The van der Waals surface area contributed by atoms with Crippen LogP contribution in [0.5, 0.6) is 0 Å². The first-order chi connectivity index (χ1) is 19.5. The van der Waals surface area contributed by atoms with E-state index < -0.39 is 35.2 Å². The Morgan fingerprint density at radius 1 is 1.05 bits per heavy atom. The van der Waals surface area contributed by atoms with Crippen molar-refractivity contribution >= 4 is 29.1 Å². The Morgan fingerprint density at radius 2 is 1.80 bits per heavy atom. The van der Waals surface area contributed by atoms with Crippen LogP contribution in [0.4, 0.5) is 27.6 Å². The molecule has 2 amide bonds. The summed E-state index contributed by atoms with van der Waals surface area (Å²) in [5.41, 5.74) is 5.63.